The highest BCUT2D eigenvalue weighted by Crippen LogP contribution is 2.33. The minimum atomic E-state index is -1.98. The Balaban J connectivity index is 1.34. The summed E-state index contributed by atoms with van der Waals surface area (Å²) in [5, 5.41) is 121. The maximum absolute atomic E-state index is 13.4. The highest BCUT2D eigenvalue weighted by molar-refractivity contribution is 5.76. The van der Waals surface area contributed by atoms with E-state index in [1.54, 1.807) is 6.08 Å². The number of carbonyl (C=O) groups is 1. The van der Waals surface area contributed by atoms with Gasteiger partial charge in [-0.05, 0) is 70.6 Å². The molecule has 0 aliphatic carbocycles. The van der Waals surface area contributed by atoms with Gasteiger partial charge in [0, 0.05) is 6.42 Å². The van der Waals surface area contributed by atoms with E-state index >= 15 is 0 Å². The van der Waals surface area contributed by atoms with Crippen molar-refractivity contribution < 1.29 is 89.4 Å². The second-order valence-corrected chi connectivity index (χ2v) is 27.5. The van der Waals surface area contributed by atoms with E-state index < -0.39 is 124 Å². The number of amides is 1. The lowest BCUT2D eigenvalue weighted by Gasteiger charge is -2.48. The number of ether oxygens (including phenoxy) is 6. The molecule has 3 saturated heterocycles. The van der Waals surface area contributed by atoms with Crippen molar-refractivity contribution >= 4 is 5.91 Å². The Morgan fingerprint density at radius 1 is 0.375 bits per heavy atom. The van der Waals surface area contributed by atoms with Gasteiger partial charge < -0.3 is 89.9 Å². The van der Waals surface area contributed by atoms with E-state index in [4.69, 9.17) is 28.4 Å². The first-order valence-corrected chi connectivity index (χ1v) is 38.5. The maximum Gasteiger partial charge on any atom is 0.220 e. The third-order valence-corrected chi connectivity index (χ3v) is 19.0. The molecule has 3 fully saturated rings. The molecule has 3 aliphatic heterocycles. The summed E-state index contributed by atoms with van der Waals surface area (Å²) in [5.41, 5.74) is 0. The predicted octanol–water partition coefficient (Wildman–Crippen LogP) is 11.9. The maximum atomic E-state index is 13.4. The predicted molar refractivity (Wildman–Crippen MR) is 379 cm³/mol. The van der Waals surface area contributed by atoms with Crippen LogP contribution in [0.15, 0.2) is 60.8 Å². The van der Waals surface area contributed by atoms with Crippen molar-refractivity contribution in [2.45, 2.75) is 394 Å². The fraction of sp³-hybridized carbons (Fsp3) is 0.857. The molecule has 19 nitrogen and oxygen atoms in total. The van der Waals surface area contributed by atoms with Gasteiger partial charge in [-0.25, -0.2) is 0 Å². The van der Waals surface area contributed by atoms with E-state index in [9.17, 15) is 61.0 Å². The molecule has 0 spiro atoms. The number of aliphatic hydroxyl groups is 11. The van der Waals surface area contributed by atoms with E-state index in [0.717, 1.165) is 51.4 Å². The molecule has 0 radical (unpaired) electrons. The summed E-state index contributed by atoms with van der Waals surface area (Å²) in [6.45, 7) is 1.72. The van der Waals surface area contributed by atoms with Gasteiger partial charge in [-0.2, -0.15) is 0 Å². The zero-order chi connectivity index (χ0) is 69.6. The summed E-state index contributed by atoms with van der Waals surface area (Å²) in [6, 6.07) is -0.991. The molecule has 3 heterocycles. The molecule has 1 amide bonds. The van der Waals surface area contributed by atoms with Crippen LogP contribution in [0.5, 0.6) is 0 Å². The Morgan fingerprint density at radius 3 is 1.11 bits per heavy atom. The molecule has 12 N–H and O–H groups in total. The van der Waals surface area contributed by atoms with Gasteiger partial charge in [0.1, 0.15) is 73.2 Å². The Labute approximate surface area is 579 Å². The first kappa shape index (κ1) is 87.7. The SMILES string of the molecule is CCCCCCC/C=C\C/C=C\C/C=C\CCCCCCCCCCCCCCCCCCCCCCC(=O)NC(COC1OC(CO)C(OC2OC(CO)C(OC3OC(CO)C(O)C(O)C3O)C(O)C2O)C(O)C1O)C(O)/C=C/CC/C=C/CCCCCCCCCCCC. The third-order valence-electron chi connectivity index (χ3n) is 19.0. The van der Waals surface area contributed by atoms with E-state index in [1.807, 2.05) is 6.08 Å². The number of carbonyl (C=O) groups excluding carboxylic acids is 1. The van der Waals surface area contributed by atoms with Crippen LogP contribution >= 0.6 is 0 Å². The van der Waals surface area contributed by atoms with Gasteiger partial charge >= 0.3 is 0 Å². The minimum Gasteiger partial charge on any atom is -0.394 e. The summed E-state index contributed by atoms with van der Waals surface area (Å²) < 4.78 is 34.4. The van der Waals surface area contributed by atoms with Gasteiger partial charge in [-0.15, -0.1) is 0 Å². The van der Waals surface area contributed by atoms with E-state index in [0.29, 0.717) is 12.8 Å². The molecule has 0 bridgehead atoms. The largest absolute Gasteiger partial charge is 0.394 e. The number of aliphatic hydroxyl groups excluding tert-OH is 11. The van der Waals surface area contributed by atoms with Crippen molar-refractivity contribution in [3.8, 4) is 0 Å². The van der Waals surface area contributed by atoms with Gasteiger partial charge in [-0.3, -0.25) is 4.79 Å². The molecular formula is C77H139NO18. The smallest absolute Gasteiger partial charge is 0.220 e. The zero-order valence-corrected chi connectivity index (χ0v) is 59.6. The van der Waals surface area contributed by atoms with Crippen molar-refractivity contribution in [3.05, 3.63) is 60.8 Å². The molecular weight excluding hydrogens is 1230 g/mol. The van der Waals surface area contributed by atoms with Crippen molar-refractivity contribution in [3.63, 3.8) is 0 Å². The highest BCUT2D eigenvalue weighted by atomic mass is 16.8. The molecule has 96 heavy (non-hydrogen) atoms. The molecule has 17 atom stereocenters. The van der Waals surface area contributed by atoms with Crippen molar-refractivity contribution in [2.24, 2.45) is 0 Å². The van der Waals surface area contributed by atoms with Gasteiger partial charge in [0.25, 0.3) is 0 Å². The molecule has 0 aromatic heterocycles. The van der Waals surface area contributed by atoms with E-state index in [1.165, 1.54) is 205 Å². The topological polar surface area (TPSA) is 307 Å². The number of hydrogen-bond acceptors (Lipinski definition) is 18. The fourth-order valence-corrected chi connectivity index (χ4v) is 12.8. The quantitative estimate of drug-likeness (QED) is 0.0199. The average Bonchev–Trinajstić information content (AvgIpc) is 0.798. The summed E-state index contributed by atoms with van der Waals surface area (Å²) in [7, 11) is 0. The lowest BCUT2D eigenvalue weighted by atomic mass is 9.96. The Kier molecular flexibility index (Phi) is 53.0. The lowest BCUT2D eigenvalue weighted by molar-refractivity contribution is -0.379. The normalized spacial score (nSPS) is 27.4. The molecule has 0 saturated carbocycles. The van der Waals surface area contributed by atoms with Crippen LogP contribution in [0, 0.1) is 0 Å². The van der Waals surface area contributed by atoms with Gasteiger partial charge in [0.15, 0.2) is 18.9 Å². The van der Waals surface area contributed by atoms with Crippen LogP contribution in [-0.2, 0) is 33.2 Å². The average molecular weight is 1370 g/mol. The second kappa shape index (κ2) is 58.0. The summed E-state index contributed by atoms with van der Waals surface area (Å²) >= 11 is 0. The first-order chi connectivity index (χ1) is 46.8. The van der Waals surface area contributed by atoms with Crippen LogP contribution in [0.2, 0.25) is 0 Å². The van der Waals surface area contributed by atoms with Crippen molar-refractivity contribution in [2.75, 3.05) is 26.4 Å². The Hall–Kier alpha value is -2.51. The lowest BCUT2D eigenvalue weighted by Crippen LogP contribution is -2.66. The van der Waals surface area contributed by atoms with E-state index in [-0.39, 0.29) is 18.9 Å². The number of unbranched alkanes of at least 4 members (excludes halogenated alkanes) is 36. The van der Waals surface area contributed by atoms with Gasteiger partial charge in [-0.1, -0.05) is 274 Å². The molecule has 0 aromatic rings. The number of allylic oxidation sites excluding steroid dienone is 9. The van der Waals surface area contributed by atoms with Crippen LogP contribution < -0.4 is 5.32 Å². The monoisotopic (exact) mass is 1370 g/mol. The van der Waals surface area contributed by atoms with Crippen molar-refractivity contribution in [1.82, 2.24) is 5.32 Å². The second-order valence-electron chi connectivity index (χ2n) is 27.5. The Bertz CT molecular complexity index is 1970. The highest BCUT2D eigenvalue weighted by Gasteiger charge is 2.53. The number of rotatable bonds is 60. The molecule has 3 rings (SSSR count). The van der Waals surface area contributed by atoms with Crippen LogP contribution in [0.1, 0.15) is 290 Å². The summed E-state index contributed by atoms with van der Waals surface area (Å²) in [4.78, 5) is 13.4. The summed E-state index contributed by atoms with van der Waals surface area (Å²) in [5.74, 6) is -0.283. The van der Waals surface area contributed by atoms with Gasteiger partial charge in [0.05, 0.1) is 38.6 Å². The van der Waals surface area contributed by atoms with Crippen LogP contribution in [0.4, 0.5) is 0 Å². The molecule has 0 aromatic carbocycles. The number of hydrogen-bond donors (Lipinski definition) is 12. The Morgan fingerprint density at radius 2 is 0.698 bits per heavy atom. The van der Waals surface area contributed by atoms with Crippen LogP contribution in [-0.4, -0.2) is 193 Å². The molecule has 17 unspecified atom stereocenters. The third kappa shape index (κ3) is 38.5. The standard InChI is InChI=1S/C77H139NO18/c1-3-5-7-9-11-13-15-17-19-21-22-23-24-25-26-27-28-29-30-31-32-33-34-35-36-37-38-39-41-43-45-47-49-51-53-55-65(83)78-60(61(82)54-52-50-48-46-44-42-40-20-18-16-14-12-10-8-6-4-2)59-91-75-71(89)68(86)73(63(57-80)93-75)96-77-72(90)69(87)74(64(58-81)94-77)95-76-70(88)67(85)66(84)62(56-79)92-76/h15,17,21-22,24-25,44,46,52,54,60-64,66-77,79-82,84-90H,3-14,16,18-20,23,26-43,45,47-51,53,55-59H2,1-2H3,(H,78,83)/b17-15-,22-21-,25-24-,46-44+,54-52+. The van der Waals surface area contributed by atoms with Crippen molar-refractivity contribution in [1.29, 1.82) is 0 Å². The van der Waals surface area contributed by atoms with Crippen LogP contribution in [0.3, 0.4) is 0 Å². The van der Waals surface area contributed by atoms with Crippen LogP contribution in [0.25, 0.3) is 0 Å². The molecule has 560 valence electrons. The number of nitrogens with one attached hydrogen (secondary N) is 1. The molecule has 3 aliphatic rings. The summed E-state index contributed by atoms with van der Waals surface area (Å²) in [6.07, 6.45) is 46.5. The van der Waals surface area contributed by atoms with E-state index in [2.05, 4.69) is 67.8 Å². The first-order valence-electron chi connectivity index (χ1n) is 38.5. The minimum absolute atomic E-state index is 0.237. The zero-order valence-electron chi connectivity index (χ0n) is 59.6. The fourth-order valence-electron chi connectivity index (χ4n) is 12.8. The molecule has 19 heteroatoms. The van der Waals surface area contributed by atoms with Gasteiger partial charge in [0.2, 0.25) is 5.91 Å².